The number of ether oxygens (including phenoxy) is 4. The van der Waals surface area contributed by atoms with Crippen LogP contribution in [-0.4, -0.2) is 36.3 Å². The third-order valence-corrected chi connectivity index (χ3v) is 7.77. The van der Waals surface area contributed by atoms with Crippen molar-refractivity contribution in [2.75, 3.05) is 26.6 Å². The molecular weight excluding hydrogens is 603 g/mol. The third-order valence-electron chi connectivity index (χ3n) is 6.62. The van der Waals surface area contributed by atoms with Crippen molar-refractivity contribution in [1.82, 2.24) is 9.55 Å². The van der Waals surface area contributed by atoms with Crippen molar-refractivity contribution in [3.63, 3.8) is 0 Å². The molecule has 3 aromatic carbocycles. The smallest absolute Gasteiger partial charge is 0.340 e. The van der Waals surface area contributed by atoms with Gasteiger partial charge in [0.25, 0.3) is 5.56 Å². The lowest BCUT2D eigenvalue weighted by Gasteiger charge is -2.16. The van der Waals surface area contributed by atoms with E-state index in [1.165, 1.54) is 20.3 Å². The molecule has 2 heterocycles. The van der Waals surface area contributed by atoms with Gasteiger partial charge in [-0.15, -0.1) is 11.3 Å². The number of anilines is 1. The molecule has 0 unspecified atom stereocenters. The number of benzene rings is 3. The zero-order valence-electron chi connectivity index (χ0n) is 23.5. The van der Waals surface area contributed by atoms with Crippen LogP contribution < -0.4 is 31.2 Å². The molecule has 0 bridgehead atoms. The van der Waals surface area contributed by atoms with E-state index in [-0.39, 0.29) is 45.2 Å². The average molecular weight is 628 g/mol. The zero-order chi connectivity index (χ0) is 31.7. The van der Waals surface area contributed by atoms with E-state index in [1.54, 1.807) is 31.2 Å². The summed E-state index contributed by atoms with van der Waals surface area (Å²) in [6.45, 7) is 1.01. The fourth-order valence-electron chi connectivity index (χ4n) is 4.55. The predicted octanol–water partition coefficient (Wildman–Crippen LogP) is 5.18. The number of esters is 1. The Bertz CT molecular complexity index is 2020. The SMILES string of the molecule is CCOC(=O)c1c(-c2ccc(N)cc2)sc2[nH]c(=O)n(-c3cc(OCc4c(OC)ccc(F)c4F)c(OC)cc3F)c(=O)c12. The van der Waals surface area contributed by atoms with Crippen LogP contribution in [0.2, 0.25) is 0 Å². The van der Waals surface area contributed by atoms with Gasteiger partial charge in [0.15, 0.2) is 29.0 Å². The molecule has 0 fully saturated rings. The number of halogens is 3. The summed E-state index contributed by atoms with van der Waals surface area (Å²) in [6.07, 6.45) is 0. The molecule has 0 spiro atoms. The number of rotatable bonds is 9. The molecule has 2 aromatic heterocycles. The van der Waals surface area contributed by atoms with E-state index < -0.39 is 47.0 Å². The number of thiophene rings is 1. The van der Waals surface area contributed by atoms with E-state index in [9.17, 15) is 23.2 Å². The monoisotopic (exact) mass is 627 g/mol. The van der Waals surface area contributed by atoms with Crippen molar-refractivity contribution in [3.8, 4) is 33.4 Å². The van der Waals surface area contributed by atoms with E-state index in [1.807, 2.05) is 0 Å². The predicted molar refractivity (Wildman–Crippen MR) is 158 cm³/mol. The van der Waals surface area contributed by atoms with Crippen molar-refractivity contribution in [1.29, 1.82) is 0 Å². The van der Waals surface area contributed by atoms with Crippen molar-refractivity contribution < 1.29 is 36.9 Å². The molecule has 3 N–H and O–H groups in total. The third kappa shape index (κ3) is 5.35. The van der Waals surface area contributed by atoms with Gasteiger partial charge in [0, 0.05) is 17.8 Å². The molecule has 14 heteroatoms. The minimum Gasteiger partial charge on any atom is -0.496 e. The molecule has 0 aliphatic rings. The van der Waals surface area contributed by atoms with E-state index in [2.05, 4.69) is 4.98 Å². The number of nitrogen functional groups attached to an aromatic ring is 1. The summed E-state index contributed by atoms with van der Waals surface area (Å²) in [6, 6.07) is 10.4. The maximum absolute atomic E-state index is 15.5. The van der Waals surface area contributed by atoms with Crippen LogP contribution in [0.15, 0.2) is 58.1 Å². The van der Waals surface area contributed by atoms with Gasteiger partial charge >= 0.3 is 11.7 Å². The van der Waals surface area contributed by atoms with Crippen molar-refractivity contribution >= 4 is 33.2 Å². The second-order valence-electron chi connectivity index (χ2n) is 9.21. The maximum Gasteiger partial charge on any atom is 0.340 e. The summed E-state index contributed by atoms with van der Waals surface area (Å²) in [5.41, 5.74) is 3.81. The molecule has 10 nitrogen and oxygen atoms in total. The second-order valence-corrected chi connectivity index (χ2v) is 10.2. The highest BCUT2D eigenvalue weighted by molar-refractivity contribution is 7.22. The Kier molecular flexibility index (Phi) is 8.36. The van der Waals surface area contributed by atoms with Crippen molar-refractivity contribution in [2.24, 2.45) is 0 Å². The minimum absolute atomic E-state index is 0.000600. The van der Waals surface area contributed by atoms with Crippen LogP contribution in [0.25, 0.3) is 26.3 Å². The molecule has 0 aliphatic carbocycles. The Morgan fingerprint density at radius 2 is 1.66 bits per heavy atom. The quantitative estimate of drug-likeness (QED) is 0.169. The van der Waals surface area contributed by atoms with E-state index in [0.717, 1.165) is 29.5 Å². The zero-order valence-corrected chi connectivity index (χ0v) is 24.3. The van der Waals surface area contributed by atoms with Gasteiger partial charge in [-0.25, -0.2) is 27.3 Å². The number of nitrogens with two attached hydrogens (primary N) is 1. The van der Waals surface area contributed by atoms with Crippen LogP contribution in [0.3, 0.4) is 0 Å². The topological polar surface area (TPSA) is 135 Å². The van der Waals surface area contributed by atoms with Crippen LogP contribution in [-0.2, 0) is 11.3 Å². The minimum atomic E-state index is -1.22. The number of H-pyrrole nitrogens is 1. The van der Waals surface area contributed by atoms with Crippen molar-refractivity contribution in [2.45, 2.75) is 13.5 Å². The fraction of sp³-hybridized carbons (Fsp3) is 0.167. The number of aromatic nitrogens is 2. The molecule has 5 aromatic rings. The summed E-state index contributed by atoms with van der Waals surface area (Å²) in [4.78, 5) is 43.2. The number of carbonyl (C=O) groups is 1. The van der Waals surface area contributed by atoms with Crippen LogP contribution >= 0.6 is 11.3 Å². The maximum atomic E-state index is 15.5. The highest BCUT2D eigenvalue weighted by Gasteiger charge is 2.27. The largest absolute Gasteiger partial charge is 0.496 e. The summed E-state index contributed by atoms with van der Waals surface area (Å²) >= 11 is 0.967. The van der Waals surface area contributed by atoms with Gasteiger partial charge in [0.1, 0.15) is 17.2 Å². The van der Waals surface area contributed by atoms with Gasteiger partial charge in [-0.1, -0.05) is 12.1 Å². The first-order chi connectivity index (χ1) is 21.1. The van der Waals surface area contributed by atoms with E-state index in [0.29, 0.717) is 20.7 Å². The second kappa shape index (κ2) is 12.2. The molecule has 0 saturated carbocycles. The number of nitrogens with one attached hydrogen (secondary N) is 1. The Hall–Kier alpha value is -5.24. The molecule has 0 saturated heterocycles. The summed E-state index contributed by atoms with van der Waals surface area (Å²) in [5, 5.41) is -0.205. The number of carbonyl (C=O) groups excluding carboxylic acids is 1. The molecule has 5 rings (SSSR count). The first-order valence-corrected chi connectivity index (χ1v) is 13.8. The highest BCUT2D eigenvalue weighted by atomic mass is 32.1. The van der Waals surface area contributed by atoms with Crippen LogP contribution in [0, 0.1) is 17.5 Å². The summed E-state index contributed by atoms with van der Waals surface area (Å²) in [7, 11) is 2.47. The first kappa shape index (κ1) is 30.2. The first-order valence-electron chi connectivity index (χ1n) is 13.0. The number of nitrogens with zero attached hydrogens (tertiary/aromatic N) is 1. The van der Waals surface area contributed by atoms with Gasteiger partial charge in [-0.3, -0.25) is 9.78 Å². The molecule has 0 radical (unpaired) electrons. The average Bonchev–Trinajstić information content (AvgIpc) is 3.39. The van der Waals surface area contributed by atoms with Crippen LogP contribution in [0.5, 0.6) is 17.2 Å². The molecule has 0 atom stereocenters. The van der Waals surface area contributed by atoms with Gasteiger partial charge in [-0.05, 0) is 36.8 Å². The number of hydrogen-bond donors (Lipinski definition) is 2. The Morgan fingerprint density at radius 1 is 0.955 bits per heavy atom. The normalized spacial score (nSPS) is 11.0. The Balaban J connectivity index is 1.69. The lowest BCUT2D eigenvalue weighted by molar-refractivity contribution is 0.0530. The van der Waals surface area contributed by atoms with Crippen molar-refractivity contribution in [3.05, 3.63) is 97.9 Å². The summed E-state index contributed by atoms with van der Waals surface area (Å²) in [5.74, 6) is -4.63. The Morgan fingerprint density at radius 3 is 2.32 bits per heavy atom. The number of fused-ring (bicyclic) bond motifs is 1. The summed E-state index contributed by atoms with van der Waals surface area (Å²) < 4.78 is 65.6. The van der Waals surface area contributed by atoms with Gasteiger partial charge in [0.05, 0.1) is 47.9 Å². The molecule has 44 heavy (non-hydrogen) atoms. The van der Waals surface area contributed by atoms with Gasteiger partial charge in [-0.2, -0.15) is 0 Å². The molecule has 228 valence electrons. The molecule has 0 aliphatic heterocycles. The standard InChI is InChI=1S/C30H24F3N3O7S/c1-4-42-29(38)23-24-27(44-26(23)14-5-7-15(34)8-6-14)35-30(39)36(28(24)37)19-12-22(21(41-3)11-18(19)32)43-13-16-20(40-2)10-9-17(31)25(16)33/h5-12H,4,13,34H2,1-3H3,(H,35,39). The van der Waals surface area contributed by atoms with Crippen LogP contribution in [0.1, 0.15) is 22.8 Å². The fourth-order valence-corrected chi connectivity index (χ4v) is 5.73. The van der Waals surface area contributed by atoms with Crippen LogP contribution in [0.4, 0.5) is 18.9 Å². The number of aromatic amines is 1. The lowest BCUT2D eigenvalue weighted by Crippen LogP contribution is -2.34. The highest BCUT2D eigenvalue weighted by Crippen LogP contribution is 2.38. The molecule has 0 amide bonds. The molecular formula is C30H24F3N3O7S. The Labute approximate surface area is 251 Å². The number of hydrogen-bond acceptors (Lipinski definition) is 9. The lowest BCUT2D eigenvalue weighted by atomic mass is 10.1. The number of methoxy groups -OCH3 is 2. The van der Waals surface area contributed by atoms with Gasteiger partial charge < -0.3 is 24.7 Å². The van der Waals surface area contributed by atoms with Gasteiger partial charge in [0.2, 0.25) is 0 Å². The van der Waals surface area contributed by atoms with E-state index >= 15 is 4.39 Å². The van der Waals surface area contributed by atoms with E-state index in [4.69, 9.17) is 24.7 Å².